The van der Waals surface area contributed by atoms with Crippen molar-refractivity contribution < 1.29 is 4.79 Å². The van der Waals surface area contributed by atoms with Crippen molar-refractivity contribution in [1.29, 1.82) is 5.26 Å². The van der Waals surface area contributed by atoms with Crippen molar-refractivity contribution in [3.63, 3.8) is 0 Å². The molecule has 2 aromatic heterocycles. The lowest BCUT2D eigenvalue weighted by Gasteiger charge is -2.66. The predicted octanol–water partition coefficient (Wildman–Crippen LogP) is 2.79. The molecular formula is C22H23N7O. The lowest BCUT2D eigenvalue weighted by atomic mass is 9.35. The number of amides is 1. The number of hydrogen-bond acceptors (Lipinski definition) is 6. The number of nitrogens with one attached hydrogen (secondary N) is 1. The van der Waals surface area contributed by atoms with Gasteiger partial charge in [-0.15, -0.1) is 0 Å². The van der Waals surface area contributed by atoms with Crippen LogP contribution in [0.3, 0.4) is 0 Å². The highest BCUT2D eigenvalue weighted by Gasteiger charge is 2.73. The first-order chi connectivity index (χ1) is 14.5. The molecule has 0 spiro atoms. The Morgan fingerprint density at radius 1 is 1.33 bits per heavy atom. The van der Waals surface area contributed by atoms with E-state index in [2.05, 4.69) is 32.4 Å². The van der Waals surface area contributed by atoms with E-state index in [1.165, 1.54) is 5.57 Å². The average molecular weight is 401 g/mol. The third kappa shape index (κ3) is 2.44. The number of hydrogen-bond donors (Lipinski definition) is 1. The molecule has 2 aromatic rings. The summed E-state index contributed by atoms with van der Waals surface area (Å²) in [6, 6.07) is 4.73. The zero-order valence-electron chi connectivity index (χ0n) is 16.9. The molecule has 1 amide bonds. The van der Waals surface area contributed by atoms with Crippen molar-refractivity contribution in [1.82, 2.24) is 24.6 Å². The molecule has 8 heteroatoms. The normalized spacial score (nSPS) is 33.2. The number of fused-ring (bicyclic) bond motifs is 2. The van der Waals surface area contributed by atoms with Crippen molar-refractivity contribution in [2.75, 3.05) is 5.32 Å². The van der Waals surface area contributed by atoms with Gasteiger partial charge in [-0.3, -0.25) is 9.48 Å². The molecule has 2 unspecified atom stereocenters. The van der Waals surface area contributed by atoms with Gasteiger partial charge in [-0.1, -0.05) is 6.08 Å². The molecular weight excluding hydrogens is 378 g/mol. The van der Waals surface area contributed by atoms with Crippen LogP contribution in [-0.2, 0) is 11.8 Å². The number of nitrogens with zero attached hydrogens (tertiary/aromatic N) is 6. The van der Waals surface area contributed by atoms with Gasteiger partial charge in [-0.25, -0.2) is 9.97 Å². The number of carbonyl (C=O) groups excluding carboxylic acids is 1. The van der Waals surface area contributed by atoms with Crippen LogP contribution in [0, 0.1) is 22.2 Å². The van der Waals surface area contributed by atoms with Gasteiger partial charge in [0.05, 0.1) is 40.5 Å². The molecule has 0 aromatic carbocycles. The fraction of sp³-hybridized carbons (Fsp3) is 0.500. The Balaban J connectivity index is 1.21. The summed E-state index contributed by atoms with van der Waals surface area (Å²) in [6.07, 6.45) is 12.7. The van der Waals surface area contributed by atoms with Gasteiger partial charge in [0.15, 0.2) is 0 Å². The van der Waals surface area contributed by atoms with Crippen LogP contribution in [0.4, 0.5) is 11.6 Å². The van der Waals surface area contributed by atoms with Crippen LogP contribution in [0.5, 0.6) is 0 Å². The van der Waals surface area contributed by atoms with Crippen LogP contribution in [0.25, 0.3) is 5.57 Å². The van der Waals surface area contributed by atoms with Crippen LogP contribution in [0.15, 0.2) is 30.7 Å². The van der Waals surface area contributed by atoms with E-state index in [0.717, 1.165) is 49.9 Å². The minimum absolute atomic E-state index is 0.142. The smallest absolute Gasteiger partial charge is 0.229 e. The molecule has 5 aliphatic rings. The molecule has 2 aliphatic heterocycles. The lowest BCUT2D eigenvalue weighted by Crippen LogP contribution is -2.68. The van der Waals surface area contributed by atoms with Gasteiger partial charge in [0, 0.05) is 25.5 Å². The third-order valence-corrected chi connectivity index (χ3v) is 7.30. The SMILES string of the molecule is Cn1cc(Nc2nccc(C3=CC4CCC(C3)N4C(=O)C34CC(C#N)(C3)C4)n2)cn1. The molecule has 2 atom stereocenters. The van der Waals surface area contributed by atoms with Crippen LogP contribution in [0.1, 0.15) is 44.2 Å². The predicted molar refractivity (Wildman–Crippen MR) is 109 cm³/mol. The highest BCUT2D eigenvalue weighted by Crippen LogP contribution is 2.74. The molecule has 1 saturated heterocycles. The quantitative estimate of drug-likeness (QED) is 0.846. The van der Waals surface area contributed by atoms with Gasteiger partial charge in [0.1, 0.15) is 0 Å². The monoisotopic (exact) mass is 401 g/mol. The van der Waals surface area contributed by atoms with Crippen molar-refractivity contribution >= 4 is 23.1 Å². The molecule has 4 bridgehead atoms. The Labute approximate surface area is 174 Å². The number of aryl methyl sites for hydroxylation is 1. The fourth-order valence-electron chi connectivity index (χ4n) is 5.96. The zero-order valence-corrected chi connectivity index (χ0v) is 16.9. The van der Waals surface area contributed by atoms with Crippen LogP contribution in [-0.4, -0.2) is 42.6 Å². The van der Waals surface area contributed by atoms with Gasteiger partial charge in [0.2, 0.25) is 11.9 Å². The summed E-state index contributed by atoms with van der Waals surface area (Å²) in [5.41, 5.74) is 2.52. The molecule has 1 N–H and O–H groups in total. The zero-order chi connectivity index (χ0) is 20.5. The molecule has 7 rings (SSSR count). The van der Waals surface area contributed by atoms with E-state index in [1.807, 2.05) is 19.3 Å². The first-order valence-corrected chi connectivity index (χ1v) is 10.5. The van der Waals surface area contributed by atoms with Crippen molar-refractivity contribution in [2.24, 2.45) is 17.9 Å². The van der Waals surface area contributed by atoms with Crippen LogP contribution < -0.4 is 5.32 Å². The topological polar surface area (TPSA) is 99.7 Å². The lowest BCUT2D eigenvalue weighted by molar-refractivity contribution is -0.198. The summed E-state index contributed by atoms with van der Waals surface area (Å²) >= 11 is 0. The minimum Gasteiger partial charge on any atom is -0.332 e. The largest absolute Gasteiger partial charge is 0.332 e. The third-order valence-electron chi connectivity index (χ3n) is 7.30. The maximum Gasteiger partial charge on any atom is 0.229 e. The molecule has 152 valence electrons. The van der Waals surface area contributed by atoms with Crippen LogP contribution in [0.2, 0.25) is 0 Å². The summed E-state index contributed by atoms with van der Waals surface area (Å²) in [4.78, 5) is 24.5. The number of aromatic nitrogens is 4. The molecule has 4 heterocycles. The Morgan fingerprint density at radius 2 is 2.17 bits per heavy atom. The summed E-state index contributed by atoms with van der Waals surface area (Å²) in [6.45, 7) is 0. The van der Waals surface area contributed by atoms with E-state index in [1.54, 1.807) is 17.1 Å². The van der Waals surface area contributed by atoms with E-state index < -0.39 is 0 Å². The first kappa shape index (κ1) is 17.6. The Hall–Kier alpha value is -3.21. The Kier molecular flexibility index (Phi) is 3.47. The standard InChI is InChI=1S/C22H23N7O/c1-28-9-15(8-25-28)26-20-24-5-4-18(27-20)14-6-16-2-3-17(7-14)29(16)19(30)22-10-21(11-22,12-22)13-23/h4-6,8-9,16-17H,2-3,7,10-12H2,1H3,(H,24,26,27). The molecule has 3 aliphatic carbocycles. The fourth-order valence-corrected chi connectivity index (χ4v) is 5.96. The van der Waals surface area contributed by atoms with E-state index in [0.29, 0.717) is 5.95 Å². The summed E-state index contributed by atoms with van der Waals surface area (Å²) < 4.78 is 1.73. The second kappa shape index (κ2) is 5.91. The molecule has 30 heavy (non-hydrogen) atoms. The molecule has 8 nitrogen and oxygen atoms in total. The summed E-state index contributed by atoms with van der Waals surface area (Å²) in [5.74, 6) is 0.826. The van der Waals surface area contributed by atoms with E-state index in [9.17, 15) is 10.1 Å². The first-order valence-electron chi connectivity index (χ1n) is 10.5. The summed E-state index contributed by atoms with van der Waals surface area (Å²) in [5, 5.41) is 16.6. The van der Waals surface area contributed by atoms with E-state index >= 15 is 0 Å². The summed E-state index contributed by atoms with van der Waals surface area (Å²) in [7, 11) is 1.87. The van der Waals surface area contributed by atoms with Gasteiger partial charge >= 0.3 is 0 Å². The maximum absolute atomic E-state index is 13.3. The number of nitriles is 1. The average Bonchev–Trinajstić information content (AvgIpc) is 3.19. The molecule has 4 fully saturated rings. The Morgan fingerprint density at radius 3 is 2.87 bits per heavy atom. The maximum atomic E-state index is 13.3. The van der Waals surface area contributed by atoms with Crippen molar-refractivity contribution in [3.05, 3.63) is 36.4 Å². The second-order valence-corrected chi connectivity index (χ2v) is 9.40. The minimum atomic E-state index is -0.238. The second-order valence-electron chi connectivity index (χ2n) is 9.40. The van der Waals surface area contributed by atoms with Crippen molar-refractivity contribution in [2.45, 2.75) is 50.6 Å². The van der Waals surface area contributed by atoms with Gasteiger partial charge in [-0.2, -0.15) is 10.4 Å². The van der Waals surface area contributed by atoms with Gasteiger partial charge < -0.3 is 10.2 Å². The highest BCUT2D eigenvalue weighted by molar-refractivity contribution is 5.89. The number of rotatable bonds is 4. The Bertz CT molecular complexity index is 1110. The van der Waals surface area contributed by atoms with Crippen LogP contribution >= 0.6 is 0 Å². The molecule has 3 saturated carbocycles. The van der Waals surface area contributed by atoms with Crippen molar-refractivity contribution in [3.8, 4) is 6.07 Å². The number of anilines is 2. The highest BCUT2D eigenvalue weighted by atomic mass is 16.2. The van der Waals surface area contributed by atoms with E-state index in [-0.39, 0.29) is 28.8 Å². The van der Waals surface area contributed by atoms with E-state index in [4.69, 9.17) is 4.98 Å². The number of carbonyl (C=O) groups is 1. The van der Waals surface area contributed by atoms with Gasteiger partial charge in [0.25, 0.3) is 0 Å². The molecule has 0 radical (unpaired) electrons. The van der Waals surface area contributed by atoms with Gasteiger partial charge in [-0.05, 0) is 50.2 Å².